The van der Waals surface area contributed by atoms with Gasteiger partial charge in [0, 0.05) is 38.0 Å². The third-order valence-electron chi connectivity index (χ3n) is 3.90. The third-order valence-corrected chi connectivity index (χ3v) is 4.19. The highest BCUT2D eigenvalue weighted by atomic mass is 35.5. The summed E-state index contributed by atoms with van der Waals surface area (Å²) in [7, 11) is 0. The minimum atomic E-state index is -0.458. The summed E-state index contributed by atoms with van der Waals surface area (Å²) in [4.78, 5) is 20.3. The van der Waals surface area contributed by atoms with E-state index in [1.54, 1.807) is 12.1 Å². The highest BCUT2D eigenvalue weighted by molar-refractivity contribution is 6.30. The van der Waals surface area contributed by atoms with Crippen molar-refractivity contribution in [2.24, 2.45) is 0 Å². The molecular weight excluding hydrogens is 369 g/mol. The molecule has 0 radical (unpaired) electrons. The van der Waals surface area contributed by atoms with Gasteiger partial charge in [0.25, 0.3) is 0 Å². The molecule has 1 amide bonds. The van der Waals surface area contributed by atoms with Crippen LogP contribution in [0, 0.1) is 5.82 Å². The molecule has 8 heteroatoms. The summed E-state index contributed by atoms with van der Waals surface area (Å²) in [5, 5.41) is 6.06. The minimum Gasteiger partial charge on any atom is -0.368 e. The van der Waals surface area contributed by atoms with Gasteiger partial charge in [-0.05, 0) is 36.2 Å². The van der Waals surface area contributed by atoms with Crippen LogP contribution in [0.5, 0.6) is 0 Å². The van der Waals surface area contributed by atoms with Gasteiger partial charge >= 0.3 is 0 Å². The molecule has 140 valence electrons. The molecule has 1 aromatic carbocycles. The Hall–Kier alpha value is -2.93. The second-order valence-corrected chi connectivity index (χ2v) is 6.28. The molecule has 0 saturated carbocycles. The van der Waals surface area contributed by atoms with E-state index in [1.807, 2.05) is 35.2 Å². The highest BCUT2D eigenvalue weighted by Crippen LogP contribution is 2.17. The van der Waals surface area contributed by atoms with E-state index in [-0.39, 0.29) is 10.9 Å². The molecule has 3 aromatic rings. The Morgan fingerprint density at radius 1 is 1.15 bits per heavy atom. The average Bonchev–Trinajstić information content (AvgIpc) is 3.21. The summed E-state index contributed by atoms with van der Waals surface area (Å²) >= 11 is 5.74. The number of nitrogens with one attached hydrogen (secondary N) is 2. The Bertz CT molecular complexity index is 901. The standard InChI is InChI=1S/C19H19ClFN5O/c20-15-11-14(3-5-16(15)21)4-6-19(27)23-8-7-22-17-12-18(25-13-24-17)26-9-1-2-10-26/h1-3,5,9-13H,4,6-8H2,(H,23,27)(H,22,24,25). The maximum atomic E-state index is 13.1. The number of amides is 1. The van der Waals surface area contributed by atoms with Crippen molar-refractivity contribution >= 4 is 23.3 Å². The molecule has 0 aliphatic carbocycles. The fraction of sp³-hybridized carbons (Fsp3) is 0.211. The van der Waals surface area contributed by atoms with E-state index < -0.39 is 5.82 Å². The molecule has 2 heterocycles. The normalized spacial score (nSPS) is 10.6. The van der Waals surface area contributed by atoms with E-state index >= 15 is 0 Å². The van der Waals surface area contributed by atoms with Crippen LogP contribution in [0.3, 0.4) is 0 Å². The number of aryl methyl sites for hydroxylation is 1. The fourth-order valence-corrected chi connectivity index (χ4v) is 2.71. The van der Waals surface area contributed by atoms with Crippen molar-refractivity contribution in [1.82, 2.24) is 19.9 Å². The zero-order chi connectivity index (χ0) is 19.1. The fourth-order valence-electron chi connectivity index (χ4n) is 2.51. The third kappa shape index (κ3) is 5.52. The van der Waals surface area contributed by atoms with Crippen molar-refractivity contribution in [2.75, 3.05) is 18.4 Å². The SMILES string of the molecule is O=C(CCc1ccc(F)c(Cl)c1)NCCNc1cc(-n2cccc2)ncn1. The number of carbonyl (C=O) groups is 1. The number of rotatable bonds is 8. The first-order valence-corrected chi connectivity index (χ1v) is 8.89. The number of anilines is 1. The number of hydrogen-bond acceptors (Lipinski definition) is 4. The van der Waals surface area contributed by atoms with Gasteiger partial charge in [-0.1, -0.05) is 17.7 Å². The largest absolute Gasteiger partial charge is 0.368 e. The van der Waals surface area contributed by atoms with Gasteiger partial charge in [-0.15, -0.1) is 0 Å². The Kier molecular flexibility index (Phi) is 6.38. The van der Waals surface area contributed by atoms with Crippen LogP contribution in [0.15, 0.2) is 55.1 Å². The van der Waals surface area contributed by atoms with Crippen molar-refractivity contribution in [3.05, 3.63) is 71.5 Å². The van der Waals surface area contributed by atoms with Crippen LogP contribution in [-0.2, 0) is 11.2 Å². The van der Waals surface area contributed by atoms with Crippen LogP contribution in [-0.4, -0.2) is 33.5 Å². The van der Waals surface area contributed by atoms with Crippen molar-refractivity contribution in [3.8, 4) is 5.82 Å². The van der Waals surface area contributed by atoms with Gasteiger partial charge in [0.1, 0.15) is 23.8 Å². The quantitative estimate of drug-likeness (QED) is 0.582. The molecule has 3 rings (SSSR count). The van der Waals surface area contributed by atoms with Crippen LogP contribution in [0.4, 0.5) is 10.2 Å². The van der Waals surface area contributed by atoms with Gasteiger partial charge in [0.15, 0.2) is 0 Å². The second kappa shape index (κ2) is 9.14. The Labute approximate surface area is 161 Å². The van der Waals surface area contributed by atoms with Gasteiger partial charge in [0.05, 0.1) is 5.02 Å². The number of benzene rings is 1. The number of aromatic nitrogens is 3. The van der Waals surface area contributed by atoms with E-state index in [0.717, 1.165) is 11.4 Å². The van der Waals surface area contributed by atoms with Crippen LogP contribution in [0.1, 0.15) is 12.0 Å². The second-order valence-electron chi connectivity index (χ2n) is 5.88. The first kappa shape index (κ1) is 18.8. The summed E-state index contributed by atoms with van der Waals surface area (Å²) in [6.45, 7) is 1.00. The van der Waals surface area contributed by atoms with Crippen molar-refractivity contribution in [3.63, 3.8) is 0 Å². The van der Waals surface area contributed by atoms with Gasteiger partial charge in [-0.25, -0.2) is 14.4 Å². The van der Waals surface area contributed by atoms with Crippen LogP contribution in [0.2, 0.25) is 5.02 Å². The summed E-state index contributed by atoms with van der Waals surface area (Å²) in [6, 6.07) is 10.2. The Morgan fingerprint density at radius 2 is 1.96 bits per heavy atom. The van der Waals surface area contributed by atoms with Crippen LogP contribution < -0.4 is 10.6 Å². The molecule has 0 spiro atoms. The Balaban J connectivity index is 1.39. The minimum absolute atomic E-state index is 0.0706. The summed E-state index contributed by atoms with van der Waals surface area (Å²) in [5.41, 5.74) is 0.827. The first-order chi connectivity index (χ1) is 13.1. The van der Waals surface area contributed by atoms with Gasteiger partial charge in [-0.3, -0.25) is 4.79 Å². The predicted molar refractivity (Wildman–Crippen MR) is 103 cm³/mol. The number of hydrogen-bond donors (Lipinski definition) is 2. The lowest BCUT2D eigenvalue weighted by Gasteiger charge is -2.09. The lowest BCUT2D eigenvalue weighted by molar-refractivity contribution is -0.120. The molecule has 0 bridgehead atoms. The molecule has 6 nitrogen and oxygen atoms in total. The van der Waals surface area contributed by atoms with Crippen molar-refractivity contribution in [1.29, 1.82) is 0 Å². The molecule has 2 aromatic heterocycles. The molecule has 0 saturated heterocycles. The van der Waals surface area contributed by atoms with Gasteiger partial charge < -0.3 is 15.2 Å². The maximum Gasteiger partial charge on any atom is 0.220 e. The summed E-state index contributed by atoms with van der Waals surface area (Å²) < 4.78 is 15.0. The lowest BCUT2D eigenvalue weighted by atomic mass is 10.1. The molecular formula is C19H19ClFN5O. The summed E-state index contributed by atoms with van der Waals surface area (Å²) in [5.74, 6) is 0.914. The smallest absolute Gasteiger partial charge is 0.220 e. The van der Waals surface area contributed by atoms with E-state index in [4.69, 9.17) is 11.6 Å². The molecule has 0 fully saturated rings. The van der Waals surface area contributed by atoms with Gasteiger partial charge in [-0.2, -0.15) is 0 Å². The molecule has 0 aliphatic rings. The van der Waals surface area contributed by atoms with E-state index in [0.29, 0.717) is 31.7 Å². The topological polar surface area (TPSA) is 71.8 Å². The Morgan fingerprint density at radius 3 is 2.74 bits per heavy atom. The van der Waals surface area contributed by atoms with E-state index in [9.17, 15) is 9.18 Å². The number of nitrogens with zero attached hydrogens (tertiary/aromatic N) is 3. The first-order valence-electron chi connectivity index (χ1n) is 8.52. The lowest BCUT2D eigenvalue weighted by Crippen LogP contribution is -2.29. The van der Waals surface area contributed by atoms with Gasteiger partial charge in [0.2, 0.25) is 5.91 Å². The zero-order valence-corrected chi connectivity index (χ0v) is 15.3. The predicted octanol–water partition coefficient (Wildman–Crippen LogP) is 3.22. The molecule has 27 heavy (non-hydrogen) atoms. The molecule has 0 atom stereocenters. The summed E-state index contributed by atoms with van der Waals surface area (Å²) in [6.07, 6.45) is 6.12. The molecule has 2 N–H and O–H groups in total. The van der Waals surface area contributed by atoms with E-state index in [1.165, 1.54) is 12.4 Å². The number of carbonyl (C=O) groups excluding carboxylic acids is 1. The molecule has 0 unspecified atom stereocenters. The average molecular weight is 388 g/mol. The maximum absolute atomic E-state index is 13.1. The highest BCUT2D eigenvalue weighted by Gasteiger charge is 2.05. The van der Waals surface area contributed by atoms with Crippen LogP contribution in [0.25, 0.3) is 5.82 Å². The molecule has 0 aliphatic heterocycles. The van der Waals surface area contributed by atoms with Crippen LogP contribution >= 0.6 is 11.6 Å². The van der Waals surface area contributed by atoms with Crippen molar-refractivity contribution < 1.29 is 9.18 Å². The monoisotopic (exact) mass is 387 g/mol. The van der Waals surface area contributed by atoms with Crippen molar-refractivity contribution in [2.45, 2.75) is 12.8 Å². The number of halogens is 2. The zero-order valence-electron chi connectivity index (χ0n) is 14.5. The van der Waals surface area contributed by atoms with E-state index in [2.05, 4.69) is 20.6 Å².